The van der Waals surface area contributed by atoms with Crippen molar-refractivity contribution in [2.24, 2.45) is 4.99 Å². The predicted molar refractivity (Wildman–Crippen MR) is 118 cm³/mol. The number of nitrogens with one attached hydrogen (secondary N) is 1. The number of halogens is 1. The third-order valence-corrected chi connectivity index (χ3v) is 6.19. The zero-order valence-electron chi connectivity index (χ0n) is 16.5. The molecule has 0 fully saturated rings. The molecule has 1 aliphatic heterocycles. The van der Waals surface area contributed by atoms with Crippen molar-refractivity contribution in [3.05, 3.63) is 70.3 Å². The summed E-state index contributed by atoms with van der Waals surface area (Å²) in [4.78, 5) is 34.1. The molecule has 1 N–H and O–H groups in total. The molecule has 1 aromatic heterocycles. The minimum absolute atomic E-state index is 0.111. The molecule has 0 radical (unpaired) electrons. The van der Waals surface area contributed by atoms with Crippen LogP contribution in [0.4, 0.5) is 10.1 Å². The smallest absolute Gasteiger partial charge is 0.248 e. The van der Waals surface area contributed by atoms with Gasteiger partial charge in [0.15, 0.2) is 0 Å². The second kappa shape index (κ2) is 8.31. The van der Waals surface area contributed by atoms with Crippen LogP contribution < -0.4 is 15.2 Å². The SMILES string of the molecule is COc1cccc(N(Cc2cc(=O)[nH]c3c(F)cccc23)C(=O)C2SC=NC2C)c1. The molecule has 0 aliphatic carbocycles. The second-order valence-corrected chi connectivity index (χ2v) is 7.99. The van der Waals surface area contributed by atoms with Gasteiger partial charge in [-0.1, -0.05) is 30.0 Å². The van der Waals surface area contributed by atoms with Gasteiger partial charge in [0.2, 0.25) is 11.5 Å². The van der Waals surface area contributed by atoms with E-state index in [1.807, 2.05) is 13.0 Å². The van der Waals surface area contributed by atoms with E-state index in [2.05, 4.69) is 9.98 Å². The summed E-state index contributed by atoms with van der Waals surface area (Å²) in [6.45, 7) is 2.00. The van der Waals surface area contributed by atoms with E-state index in [-0.39, 0.29) is 29.3 Å². The molecule has 0 saturated heterocycles. The van der Waals surface area contributed by atoms with Crippen molar-refractivity contribution in [3.8, 4) is 5.75 Å². The Morgan fingerprint density at radius 1 is 1.27 bits per heavy atom. The van der Waals surface area contributed by atoms with Crippen LogP contribution in [0.3, 0.4) is 0 Å². The number of amides is 1. The molecule has 0 spiro atoms. The number of rotatable bonds is 5. The summed E-state index contributed by atoms with van der Waals surface area (Å²) in [5, 5.41) is 0.180. The number of hydrogen-bond acceptors (Lipinski definition) is 5. The number of ether oxygens (including phenoxy) is 1. The zero-order chi connectivity index (χ0) is 21.3. The van der Waals surface area contributed by atoms with Crippen LogP contribution in [-0.4, -0.2) is 34.8 Å². The molecule has 6 nitrogen and oxygen atoms in total. The van der Waals surface area contributed by atoms with Crippen LogP contribution in [0, 0.1) is 5.82 Å². The maximum atomic E-state index is 14.3. The van der Waals surface area contributed by atoms with Crippen LogP contribution in [0.25, 0.3) is 10.9 Å². The highest BCUT2D eigenvalue weighted by Gasteiger charge is 2.33. The molecule has 1 aliphatic rings. The molecule has 2 heterocycles. The predicted octanol–water partition coefficient (Wildman–Crippen LogP) is 3.74. The summed E-state index contributed by atoms with van der Waals surface area (Å²) in [6.07, 6.45) is 0. The van der Waals surface area contributed by atoms with Gasteiger partial charge >= 0.3 is 0 Å². The quantitative estimate of drug-likeness (QED) is 0.676. The number of hydrogen-bond donors (Lipinski definition) is 1. The van der Waals surface area contributed by atoms with E-state index in [0.29, 0.717) is 22.4 Å². The molecular formula is C22H20FN3O3S. The minimum atomic E-state index is -0.515. The van der Waals surface area contributed by atoms with E-state index in [1.165, 1.54) is 23.9 Å². The van der Waals surface area contributed by atoms with Gasteiger partial charge in [-0.25, -0.2) is 4.39 Å². The van der Waals surface area contributed by atoms with Crippen molar-refractivity contribution in [2.75, 3.05) is 12.0 Å². The van der Waals surface area contributed by atoms with Crippen LogP contribution in [-0.2, 0) is 11.3 Å². The molecular weight excluding hydrogens is 405 g/mol. The number of carbonyl (C=O) groups is 1. The lowest BCUT2D eigenvalue weighted by atomic mass is 10.1. The van der Waals surface area contributed by atoms with Crippen LogP contribution in [0.2, 0.25) is 0 Å². The van der Waals surface area contributed by atoms with E-state index >= 15 is 0 Å². The van der Waals surface area contributed by atoms with Gasteiger partial charge in [0, 0.05) is 23.2 Å². The summed E-state index contributed by atoms with van der Waals surface area (Å²) in [7, 11) is 1.56. The fourth-order valence-electron chi connectivity index (χ4n) is 3.50. The normalized spacial score (nSPS) is 18.0. The first-order chi connectivity index (χ1) is 14.5. The van der Waals surface area contributed by atoms with Gasteiger partial charge in [0.1, 0.15) is 16.8 Å². The standard InChI is InChI=1S/C22H20FN3O3S/c1-13-21(30-12-24-13)22(28)26(15-5-3-6-16(10-15)29-2)11-14-9-19(27)25-20-17(14)7-4-8-18(20)23/h3-10,12-13,21H,11H2,1-2H3,(H,25,27). The van der Waals surface area contributed by atoms with Crippen LogP contribution in [0.15, 0.2) is 58.3 Å². The third-order valence-electron chi connectivity index (χ3n) is 5.06. The first-order valence-corrected chi connectivity index (χ1v) is 10.3. The zero-order valence-corrected chi connectivity index (χ0v) is 17.3. The van der Waals surface area contributed by atoms with Gasteiger partial charge in [-0.3, -0.25) is 14.6 Å². The van der Waals surface area contributed by atoms with Crippen LogP contribution in [0.1, 0.15) is 12.5 Å². The Bertz CT molecular complexity index is 1190. The molecule has 3 aromatic rings. The molecule has 1 amide bonds. The van der Waals surface area contributed by atoms with Gasteiger partial charge in [0.05, 0.1) is 30.8 Å². The lowest BCUT2D eigenvalue weighted by molar-refractivity contribution is -0.118. The lowest BCUT2D eigenvalue weighted by Crippen LogP contribution is -2.40. The van der Waals surface area contributed by atoms with E-state index in [9.17, 15) is 14.0 Å². The highest BCUT2D eigenvalue weighted by atomic mass is 32.2. The number of para-hydroxylation sites is 1. The Labute approximate surface area is 176 Å². The molecule has 8 heteroatoms. The first-order valence-electron chi connectivity index (χ1n) is 9.41. The third kappa shape index (κ3) is 3.82. The summed E-state index contributed by atoms with van der Waals surface area (Å²) in [5.41, 5.74) is 2.58. The average molecular weight is 425 g/mol. The lowest BCUT2D eigenvalue weighted by Gasteiger charge is -2.27. The summed E-state index contributed by atoms with van der Waals surface area (Å²) < 4.78 is 19.6. The number of pyridine rings is 1. The topological polar surface area (TPSA) is 74.8 Å². The number of aromatic amines is 1. The molecule has 4 rings (SSSR count). The van der Waals surface area contributed by atoms with Crippen LogP contribution >= 0.6 is 11.8 Å². The number of carbonyl (C=O) groups excluding carboxylic acids is 1. The van der Waals surface area contributed by atoms with Crippen molar-refractivity contribution in [1.29, 1.82) is 0 Å². The molecule has 0 saturated carbocycles. The van der Waals surface area contributed by atoms with E-state index in [0.717, 1.165) is 0 Å². The Morgan fingerprint density at radius 3 is 2.80 bits per heavy atom. The Kier molecular flexibility index (Phi) is 5.59. The van der Waals surface area contributed by atoms with Crippen molar-refractivity contribution in [1.82, 2.24) is 4.98 Å². The number of fused-ring (bicyclic) bond motifs is 1. The van der Waals surface area contributed by atoms with Crippen molar-refractivity contribution in [3.63, 3.8) is 0 Å². The number of benzene rings is 2. The van der Waals surface area contributed by atoms with Gasteiger partial charge in [0.25, 0.3) is 0 Å². The number of H-pyrrole nitrogens is 1. The largest absolute Gasteiger partial charge is 0.497 e. The fraction of sp³-hybridized carbons (Fsp3) is 0.227. The summed E-state index contributed by atoms with van der Waals surface area (Å²) >= 11 is 1.37. The number of thioether (sulfide) groups is 1. The Balaban J connectivity index is 1.81. The maximum Gasteiger partial charge on any atom is 0.248 e. The molecule has 30 heavy (non-hydrogen) atoms. The molecule has 2 atom stereocenters. The highest BCUT2D eigenvalue weighted by molar-refractivity contribution is 8.13. The molecule has 2 aromatic carbocycles. The molecule has 0 bridgehead atoms. The number of nitrogens with zero attached hydrogens (tertiary/aromatic N) is 2. The highest BCUT2D eigenvalue weighted by Crippen LogP contribution is 2.30. The maximum absolute atomic E-state index is 14.3. The van der Waals surface area contributed by atoms with Gasteiger partial charge in [-0.2, -0.15) is 0 Å². The minimum Gasteiger partial charge on any atom is -0.497 e. The van der Waals surface area contributed by atoms with E-state index in [4.69, 9.17) is 4.74 Å². The van der Waals surface area contributed by atoms with Crippen molar-refractivity contribution in [2.45, 2.75) is 24.8 Å². The van der Waals surface area contributed by atoms with E-state index in [1.54, 1.807) is 47.9 Å². The Morgan fingerprint density at radius 2 is 2.07 bits per heavy atom. The van der Waals surface area contributed by atoms with Gasteiger partial charge in [-0.05, 0) is 30.7 Å². The second-order valence-electron chi connectivity index (χ2n) is 7.00. The fourth-order valence-corrected chi connectivity index (χ4v) is 4.43. The number of methoxy groups -OCH3 is 1. The number of anilines is 1. The Hall–Kier alpha value is -3.13. The molecule has 2 unspecified atom stereocenters. The van der Waals surface area contributed by atoms with Crippen molar-refractivity contribution >= 4 is 39.8 Å². The molecule has 154 valence electrons. The first kappa shape index (κ1) is 20.2. The van der Waals surface area contributed by atoms with Gasteiger partial charge < -0.3 is 14.6 Å². The number of aromatic nitrogens is 1. The summed E-state index contributed by atoms with van der Waals surface area (Å²) in [5.74, 6) is -0.0438. The average Bonchev–Trinajstić information content (AvgIpc) is 3.18. The van der Waals surface area contributed by atoms with E-state index < -0.39 is 11.4 Å². The summed E-state index contributed by atoms with van der Waals surface area (Å²) in [6, 6.07) is 13.0. The monoisotopic (exact) mass is 425 g/mol. The van der Waals surface area contributed by atoms with Crippen LogP contribution in [0.5, 0.6) is 5.75 Å². The van der Waals surface area contributed by atoms with Gasteiger partial charge in [-0.15, -0.1) is 0 Å². The number of aliphatic imine (C=N–C) groups is 1. The van der Waals surface area contributed by atoms with Crippen molar-refractivity contribution < 1.29 is 13.9 Å².